The summed E-state index contributed by atoms with van der Waals surface area (Å²) in [7, 11) is 0. The number of rotatable bonds is 4. The number of hydrogen-bond donors (Lipinski definition) is 1. The lowest BCUT2D eigenvalue weighted by Gasteiger charge is -2.23. The van der Waals surface area contributed by atoms with Gasteiger partial charge < -0.3 is 9.84 Å². The molecule has 0 aliphatic heterocycles. The highest BCUT2D eigenvalue weighted by Crippen LogP contribution is 2.33. The average molecular weight is 241 g/mol. The lowest BCUT2D eigenvalue weighted by Crippen LogP contribution is -2.43. The summed E-state index contributed by atoms with van der Waals surface area (Å²) in [6, 6.07) is 7.73. The molecule has 1 N–H and O–H groups in total. The molecule has 16 heavy (non-hydrogen) atoms. The predicted octanol–water partition coefficient (Wildman–Crippen LogP) is 1.86. The maximum Gasteiger partial charge on any atom is 0.336 e. The molecule has 3 nitrogen and oxygen atoms in total. The van der Waals surface area contributed by atoms with Gasteiger partial charge in [0, 0.05) is 18.7 Å². The van der Waals surface area contributed by atoms with Gasteiger partial charge in [-0.2, -0.15) is 0 Å². The third-order valence-electron chi connectivity index (χ3n) is 2.92. The van der Waals surface area contributed by atoms with Gasteiger partial charge in [0.15, 0.2) is 5.60 Å². The Morgan fingerprint density at radius 1 is 1.38 bits per heavy atom. The van der Waals surface area contributed by atoms with E-state index in [1.807, 2.05) is 24.3 Å². The van der Waals surface area contributed by atoms with Gasteiger partial charge in [0.05, 0.1) is 6.61 Å². The van der Waals surface area contributed by atoms with Crippen LogP contribution in [-0.4, -0.2) is 29.2 Å². The minimum absolute atomic E-state index is 0.266. The van der Waals surface area contributed by atoms with Gasteiger partial charge in [-0.1, -0.05) is 24.3 Å². The zero-order valence-electron chi connectivity index (χ0n) is 8.78. The summed E-state index contributed by atoms with van der Waals surface area (Å²) >= 11 is 5.54. The molecule has 0 heterocycles. The van der Waals surface area contributed by atoms with Crippen molar-refractivity contribution in [2.24, 2.45) is 0 Å². The molecular formula is C12H13ClO3. The van der Waals surface area contributed by atoms with Crippen molar-refractivity contribution in [3.05, 3.63) is 35.4 Å². The first-order chi connectivity index (χ1) is 7.68. The van der Waals surface area contributed by atoms with Crippen LogP contribution in [0.3, 0.4) is 0 Å². The molecule has 1 aliphatic carbocycles. The first kappa shape index (κ1) is 11.4. The van der Waals surface area contributed by atoms with Gasteiger partial charge in [0.1, 0.15) is 0 Å². The van der Waals surface area contributed by atoms with E-state index in [1.54, 1.807) is 0 Å². The topological polar surface area (TPSA) is 46.5 Å². The van der Waals surface area contributed by atoms with Crippen molar-refractivity contribution >= 4 is 17.6 Å². The minimum atomic E-state index is -1.11. The van der Waals surface area contributed by atoms with Crippen molar-refractivity contribution < 1.29 is 14.6 Å². The van der Waals surface area contributed by atoms with Crippen molar-refractivity contribution in [2.45, 2.75) is 18.4 Å². The summed E-state index contributed by atoms with van der Waals surface area (Å²) in [5.74, 6) is -0.598. The number of hydrogen-bond acceptors (Lipinski definition) is 2. The van der Waals surface area contributed by atoms with E-state index >= 15 is 0 Å². The second-order valence-corrected chi connectivity index (χ2v) is 4.34. The molecule has 1 aliphatic rings. The van der Waals surface area contributed by atoms with Crippen LogP contribution in [0, 0.1) is 0 Å². The van der Waals surface area contributed by atoms with Crippen LogP contribution in [0.4, 0.5) is 0 Å². The second kappa shape index (κ2) is 4.44. The smallest absolute Gasteiger partial charge is 0.336 e. The Kier molecular flexibility index (Phi) is 3.17. The highest BCUT2D eigenvalue weighted by Gasteiger charge is 2.45. The monoisotopic (exact) mass is 240 g/mol. The predicted molar refractivity (Wildman–Crippen MR) is 60.9 cm³/mol. The fraction of sp³-hybridized carbons (Fsp3) is 0.417. The Morgan fingerprint density at radius 3 is 2.38 bits per heavy atom. The lowest BCUT2D eigenvalue weighted by molar-refractivity contribution is -0.164. The van der Waals surface area contributed by atoms with E-state index in [4.69, 9.17) is 16.3 Å². The van der Waals surface area contributed by atoms with Crippen LogP contribution >= 0.6 is 11.6 Å². The highest BCUT2D eigenvalue weighted by atomic mass is 35.5. The van der Waals surface area contributed by atoms with Gasteiger partial charge in [-0.25, -0.2) is 4.79 Å². The molecule has 0 unspecified atom stereocenters. The molecule has 0 atom stereocenters. The van der Waals surface area contributed by atoms with Crippen LogP contribution in [-0.2, 0) is 22.4 Å². The average Bonchev–Trinajstić information content (AvgIpc) is 2.66. The van der Waals surface area contributed by atoms with Crippen LogP contribution in [0.5, 0.6) is 0 Å². The fourth-order valence-electron chi connectivity index (χ4n) is 2.13. The van der Waals surface area contributed by atoms with Gasteiger partial charge in [-0.05, 0) is 11.1 Å². The van der Waals surface area contributed by atoms with Crippen LogP contribution in [0.25, 0.3) is 0 Å². The second-order valence-electron chi connectivity index (χ2n) is 3.96. The first-order valence-corrected chi connectivity index (χ1v) is 5.71. The normalized spacial score (nSPS) is 17.1. The van der Waals surface area contributed by atoms with Gasteiger partial charge in [0.25, 0.3) is 0 Å². The summed E-state index contributed by atoms with van der Waals surface area (Å²) in [5, 5.41) is 9.29. The molecule has 4 heteroatoms. The van der Waals surface area contributed by atoms with Crippen LogP contribution in [0.1, 0.15) is 11.1 Å². The number of ether oxygens (including phenoxy) is 1. The molecule has 1 aromatic carbocycles. The van der Waals surface area contributed by atoms with Gasteiger partial charge in [-0.3, -0.25) is 0 Å². The summed E-state index contributed by atoms with van der Waals surface area (Å²) in [4.78, 5) is 11.3. The third kappa shape index (κ3) is 1.93. The number of benzene rings is 1. The van der Waals surface area contributed by atoms with Crippen molar-refractivity contribution in [3.8, 4) is 0 Å². The Morgan fingerprint density at radius 2 is 1.94 bits per heavy atom. The zero-order chi connectivity index (χ0) is 11.6. The molecule has 0 amide bonds. The molecule has 0 spiro atoms. The number of carboxylic acid groups (broad SMARTS) is 1. The van der Waals surface area contributed by atoms with E-state index in [-0.39, 0.29) is 6.61 Å². The van der Waals surface area contributed by atoms with Crippen molar-refractivity contribution in [3.63, 3.8) is 0 Å². The molecule has 0 saturated heterocycles. The fourth-order valence-corrected chi connectivity index (χ4v) is 2.21. The molecule has 0 saturated carbocycles. The number of alkyl halides is 1. The van der Waals surface area contributed by atoms with Gasteiger partial charge in [0.2, 0.25) is 0 Å². The zero-order valence-corrected chi connectivity index (χ0v) is 9.54. The third-order valence-corrected chi connectivity index (χ3v) is 3.07. The summed E-state index contributed by atoms with van der Waals surface area (Å²) in [5.41, 5.74) is 0.998. The Hall–Kier alpha value is -1.06. The van der Waals surface area contributed by atoms with Gasteiger partial charge in [-0.15, -0.1) is 11.6 Å². The van der Waals surface area contributed by atoms with Crippen LogP contribution in [0.2, 0.25) is 0 Å². The van der Waals surface area contributed by atoms with E-state index in [1.165, 1.54) is 0 Å². The van der Waals surface area contributed by atoms with Crippen LogP contribution in [0.15, 0.2) is 24.3 Å². The number of fused-ring (bicyclic) bond motifs is 1. The summed E-state index contributed by atoms with van der Waals surface area (Å²) < 4.78 is 5.45. The number of aliphatic carboxylic acids is 1. The molecule has 0 radical (unpaired) electrons. The summed E-state index contributed by atoms with van der Waals surface area (Å²) in [6.45, 7) is 0.266. The first-order valence-electron chi connectivity index (χ1n) is 5.18. The summed E-state index contributed by atoms with van der Waals surface area (Å²) in [6.07, 6.45) is 0.852. The quantitative estimate of drug-likeness (QED) is 0.818. The number of carboxylic acids is 1. The molecule has 2 rings (SSSR count). The minimum Gasteiger partial charge on any atom is -0.479 e. The Bertz CT molecular complexity index is 378. The largest absolute Gasteiger partial charge is 0.479 e. The lowest BCUT2D eigenvalue weighted by atomic mass is 10.0. The van der Waals surface area contributed by atoms with Gasteiger partial charge >= 0.3 is 5.97 Å². The maximum atomic E-state index is 11.3. The maximum absolute atomic E-state index is 11.3. The molecule has 86 valence electrons. The van der Waals surface area contributed by atoms with Crippen molar-refractivity contribution in [1.29, 1.82) is 0 Å². The Balaban J connectivity index is 2.24. The molecule has 0 bridgehead atoms. The molecule has 0 fully saturated rings. The Labute approximate surface area is 99.0 Å². The van der Waals surface area contributed by atoms with Crippen LogP contribution < -0.4 is 0 Å². The van der Waals surface area contributed by atoms with E-state index in [0.717, 1.165) is 11.1 Å². The molecule has 1 aromatic rings. The van der Waals surface area contributed by atoms with Crippen molar-refractivity contribution in [2.75, 3.05) is 12.5 Å². The van der Waals surface area contributed by atoms with E-state index < -0.39 is 11.6 Å². The molecule has 0 aromatic heterocycles. The van der Waals surface area contributed by atoms with E-state index in [2.05, 4.69) is 0 Å². The highest BCUT2D eigenvalue weighted by molar-refractivity contribution is 6.18. The van der Waals surface area contributed by atoms with E-state index in [9.17, 15) is 9.90 Å². The van der Waals surface area contributed by atoms with Crippen molar-refractivity contribution in [1.82, 2.24) is 0 Å². The standard InChI is InChI=1S/C12H13ClO3/c13-5-6-16-12(11(14)15)7-9-3-1-2-4-10(9)8-12/h1-4H,5-8H2,(H,14,15). The van der Waals surface area contributed by atoms with E-state index in [0.29, 0.717) is 18.7 Å². The number of carbonyl (C=O) groups is 1. The number of halogens is 1. The SMILES string of the molecule is O=C(O)C1(OCCCl)Cc2ccccc2C1. The molecular weight excluding hydrogens is 228 g/mol.